The molecule has 1 aliphatic heterocycles. The zero-order chi connectivity index (χ0) is 16.5. The van der Waals surface area contributed by atoms with Crippen molar-refractivity contribution >= 4 is 33.4 Å². The zero-order valence-electron chi connectivity index (χ0n) is 13.6. The maximum Gasteiger partial charge on any atom is 0.410 e. The molecular weight excluding hydrogens is 302 g/mol. The van der Waals surface area contributed by atoms with E-state index < -0.39 is 0 Å². The minimum Gasteiger partial charge on any atom is -0.456 e. The second-order valence-electron chi connectivity index (χ2n) is 5.93. The fraction of sp³-hybridized carbons (Fsp3) is 0.250. The largest absolute Gasteiger partial charge is 0.456 e. The van der Waals surface area contributed by atoms with E-state index in [1.54, 1.807) is 4.90 Å². The fourth-order valence-electron chi connectivity index (χ4n) is 3.22. The molecule has 24 heavy (non-hydrogen) atoms. The summed E-state index contributed by atoms with van der Waals surface area (Å²) >= 11 is 0. The van der Waals surface area contributed by atoms with Crippen molar-refractivity contribution in [2.45, 2.75) is 13.3 Å². The Balaban J connectivity index is 1.65. The van der Waals surface area contributed by atoms with Gasteiger partial charge in [-0.25, -0.2) is 4.79 Å². The van der Waals surface area contributed by atoms with Gasteiger partial charge in [-0.15, -0.1) is 0 Å². The van der Waals surface area contributed by atoms with E-state index >= 15 is 0 Å². The second kappa shape index (κ2) is 6.04. The van der Waals surface area contributed by atoms with Crippen molar-refractivity contribution in [2.24, 2.45) is 0 Å². The van der Waals surface area contributed by atoms with Gasteiger partial charge in [-0.2, -0.15) is 0 Å². The molecule has 0 radical (unpaired) electrons. The highest BCUT2D eigenvalue weighted by Gasteiger charge is 2.20. The van der Waals surface area contributed by atoms with Gasteiger partial charge in [0.2, 0.25) is 0 Å². The van der Waals surface area contributed by atoms with Crippen molar-refractivity contribution in [3.63, 3.8) is 0 Å². The molecule has 4 nitrogen and oxygen atoms in total. The highest BCUT2D eigenvalue weighted by Crippen LogP contribution is 2.32. The highest BCUT2D eigenvalue weighted by molar-refractivity contribution is 6.06. The quantitative estimate of drug-likeness (QED) is 0.679. The molecular formula is C20H19NO3. The Bertz CT molecular complexity index is 938. The predicted octanol–water partition coefficient (Wildman–Crippen LogP) is 4.83. The molecule has 0 unspecified atom stereocenters. The third kappa shape index (κ3) is 2.54. The van der Waals surface area contributed by atoms with Crippen molar-refractivity contribution in [1.29, 1.82) is 0 Å². The summed E-state index contributed by atoms with van der Waals surface area (Å²) in [6.45, 7) is 3.44. The van der Waals surface area contributed by atoms with Gasteiger partial charge in [0, 0.05) is 18.5 Å². The number of benzene rings is 2. The number of furan rings is 1. The van der Waals surface area contributed by atoms with Gasteiger partial charge in [0.25, 0.3) is 0 Å². The number of ether oxygens (including phenoxy) is 1. The summed E-state index contributed by atoms with van der Waals surface area (Å²) in [6, 6.07) is 14.5. The van der Waals surface area contributed by atoms with Gasteiger partial charge in [-0.05, 0) is 41.8 Å². The summed E-state index contributed by atoms with van der Waals surface area (Å²) in [5.41, 5.74) is 2.05. The van der Waals surface area contributed by atoms with Crippen molar-refractivity contribution in [2.75, 3.05) is 19.7 Å². The summed E-state index contributed by atoms with van der Waals surface area (Å²) in [5.74, 6) is 0.893. The van der Waals surface area contributed by atoms with Crippen LogP contribution in [0.15, 0.2) is 53.0 Å². The third-order valence-electron chi connectivity index (χ3n) is 4.48. The van der Waals surface area contributed by atoms with Crippen LogP contribution in [0.3, 0.4) is 0 Å². The lowest BCUT2D eigenvalue weighted by Gasteiger charge is -2.24. The van der Waals surface area contributed by atoms with E-state index in [0.717, 1.165) is 28.7 Å². The van der Waals surface area contributed by atoms with Crippen molar-refractivity contribution in [1.82, 2.24) is 4.90 Å². The van der Waals surface area contributed by atoms with Crippen LogP contribution in [0.4, 0.5) is 4.79 Å². The van der Waals surface area contributed by atoms with E-state index in [2.05, 4.69) is 30.3 Å². The topological polar surface area (TPSA) is 42.7 Å². The molecule has 0 aliphatic carbocycles. The number of carbonyl (C=O) groups is 1. The Morgan fingerprint density at radius 3 is 2.88 bits per heavy atom. The molecule has 0 N–H and O–H groups in total. The van der Waals surface area contributed by atoms with E-state index in [9.17, 15) is 4.79 Å². The van der Waals surface area contributed by atoms with E-state index in [4.69, 9.17) is 9.15 Å². The molecule has 0 saturated carbocycles. The smallest absolute Gasteiger partial charge is 0.410 e. The molecule has 1 aliphatic rings. The van der Waals surface area contributed by atoms with E-state index in [0.29, 0.717) is 19.7 Å². The van der Waals surface area contributed by atoms with Crippen LogP contribution in [0.1, 0.15) is 19.1 Å². The van der Waals surface area contributed by atoms with Crippen LogP contribution in [0.5, 0.6) is 0 Å². The van der Waals surface area contributed by atoms with Crippen LogP contribution in [0.2, 0.25) is 0 Å². The molecule has 3 aromatic rings. The molecule has 4 heteroatoms. The van der Waals surface area contributed by atoms with Gasteiger partial charge >= 0.3 is 6.09 Å². The average molecular weight is 321 g/mol. The lowest BCUT2D eigenvalue weighted by molar-refractivity contribution is 0.111. The molecule has 0 fully saturated rings. The Hall–Kier alpha value is -2.75. The minimum atomic E-state index is -0.247. The predicted molar refractivity (Wildman–Crippen MR) is 94.9 cm³/mol. The standard InChI is InChI=1S/C20H19NO3/c1-2-23-20(22)21-11-9-15(10-12-21)19-13-17-16-6-4-3-5-14(16)7-8-18(17)24-19/h3-9,13H,2,10-12H2,1H3. The average Bonchev–Trinajstić information content (AvgIpc) is 3.07. The van der Waals surface area contributed by atoms with Crippen LogP contribution < -0.4 is 0 Å². The molecule has 0 atom stereocenters. The molecule has 0 saturated heterocycles. The summed E-state index contributed by atoms with van der Waals surface area (Å²) in [7, 11) is 0. The summed E-state index contributed by atoms with van der Waals surface area (Å²) in [6.07, 6.45) is 2.58. The molecule has 1 aromatic heterocycles. The van der Waals surface area contributed by atoms with Crippen molar-refractivity contribution in [3.8, 4) is 0 Å². The number of nitrogens with zero attached hydrogens (tertiary/aromatic N) is 1. The summed E-state index contributed by atoms with van der Waals surface area (Å²) in [4.78, 5) is 13.5. The molecule has 2 heterocycles. The van der Waals surface area contributed by atoms with Gasteiger partial charge < -0.3 is 14.1 Å². The SMILES string of the molecule is CCOC(=O)N1CC=C(c2cc3c(ccc4ccccc43)o2)CC1. The molecule has 2 aromatic carbocycles. The Morgan fingerprint density at radius 1 is 1.21 bits per heavy atom. The number of amides is 1. The minimum absolute atomic E-state index is 0.247. The molecule has 122 valence electrons. The van der Waals surface area contributed by atoms with E-state index in [1.807, 2.05) is 25.1 Å². The van der Waals surface area contributed by atoms with Crippen LogP contribution in [-0.4, -0.2) is 30.7 Å². The van der Waals surface area contributed by atoms with Crippen molar-refractivity contribution in [3.05, 3.63) is 54.3 Å². The maximum atomic E-state index is 11.8. The molecule has 0 spiro atoms. The van der Waals surface area contributed by atoms with Crippen LogP contribution in [0, 0.1) is 0 Å². The normalized spacial score (nSPS) is 14.9. The molecule has 1 amide bonds. The number of carbonyl (C=O) groups excluding carboxylic acids is 1. The third-order valence-corrected chi connectivity index (χ3v) is 4.48. The first-order valence-electron chi connectivity index (χ1n) is 8.28. The first kappa shape index (κ1) is 14.8. The van der Waals surface area contributed by atoms with Crippen LogP contribution in [-0.2, 0) is 4.74 Å². The number of fused-ring (bicyclic) bond motifs is 3. The lowest BCUT2D eigenvalue weighted by Crippen LogP contribution is -2.35. The molecule has 0 bridgehead atoms. The summed E-state index contributed by atoms with van der Waals surface area (Å²) < 4.78 is 11.1. The highest BCUT2D eigenvalue weighted by atomic mass is 16.6. The van der Waals surface area contributed by atoms with E-state index in [-0.39, 0.29) is 6.09 Å². The van der Waals surface area contributed by atoms with Gasteiger partial charge in [-0.3, -0.25) is 0 Å². The first-order chi connectivity index (χ1) is 11.8. The monoisotopic (exact) mass is 321 g/mol. The fourth-order valence-corrected chi connectivity index (χ4v) is 3.22. The number of hydrogen-bond acceptors (Lipinski definition) is 3. The molecule has 4 rings (SSSR count). The van der Waals surface area contributed by atoms with Gasteiger partial charge in [0.05, 0.1) is 6.61 Å². The Kier molecular flexibility index (Phi) is 3.73. The van der Waals surface area contributed by atoms with Crippen molar-refractivity contribution < 1.29 is 13.9 Å². The Labute approximate surface area is 140 Å². The maximum absolute atomic E-state index is 11.8. The lowest BCUT2D eigenvalue weighted by atomic mass is 10.0. The van der Waals surface area contributed by atoms with Gasteiger partial charge in [-0.1, -0.05) is 36.4 Å². The first-order valence-corrected chi connectivity index (χ1v) is 8.28. The number of hydrogen-bond donors (Lipinski definition) is 0. The Morgan fingerprint density at radius 2 is 2.08 bits per heavy atom. The summed E-state index contributed by atoms with van der Waals surface area (Å²) in [5, 5.41) is 3.55. The van der Waals surface area contributed by atoms with Gasteiger partial charge in [0.1, 0.15) is 11.3 Å². The van der Waals surface area contributed by atoms with Gasteiger partial charge in [0.15, 0.2) is 0 Å². The van der Waals surface area contributed by atoms with Crippen LogP contribution >= 0.6 is 0 Å². The second-order valence-corrected chi connectivity index (χ2v) is 5.93. The number of rotatable bonds is 2. The zero-order valence-corrected chi connectivity index (χ0v) is 13.6. The van der Waals surface area contributed by atoms with E-state index in [1.165, 1.54) is 10.8 Å². The van der Waals surface area contributed by atoms with Crippen LogP contribution in [0.25, 0.3) is 27.3 Å².